The highest BCUT2D eigenvalue weighted by Gasteiger charge is 2.39. The van der Waals surface area contributed by atoms with E-state index in [1.54, 1.807) is 17.8 Å². The molecular weight excluding hydrogens is 259 g/mol. The van der Waals surface area contributed by atoms with E-state index in [-0.39, 0.29) is 4.75 Å². The molecule has 98 valence electrons. The lowest BCUT2D eigenvalue weighted by molar-refractivity contribution is -0.137. The van der Waals surface area contributed by atoms with E-state index in [0.29, 0.717) is 5.69 Å². The lowest BCUT2D eigenvalue weighted by atomic mass is 10.1. The van der Waals surface area contributed by atoms with Gasteiger partial charge in [-0.15, -0.1) is 11.8 Å². The SMILES string of the molecule is FC(F)(F)c1ccc2c(c1)NCC1(CCCC1)S2. The van der Waals surface area contributed by atoms with Crippen molar-refractivity contribution in [2.45, 2.75) is 41.5 Å². The molecule has 1 aromatic rings. The van der Waals surface area contributed by atoms with E-state index in [9.17, 15) is 13.2 Å². The first-order valence-corrected chi connectivity index (χ1v) is 6.94. The lowest BCUT2D eigenvalue weighted by Crippen LogP contribution is -2.33. The molecule has 1 aliphatic carbocycles. The Labute approximate surface area is 108 Å². The van der Waals surface area contributed by atoms with Crippen LogP contribution in [0, 0.1) is 0 Å². The van der Waals surface area contributed by atoms with E-state index in [0.717, 1.165) is 24.3 Å². The minimum atomic E-state index is -4.26. The Balaban J connectivity index is 1.90. The summed E-state index contributed by atoms with van der Waals surface area (Å²) in [6.45, 7) is 0.784. The molecule has 0 amide bonds. The van der Waals surface area contributed by atoms with Gasteiger partial charge in [0.05, 0.1) is 5.56 Å². The summed E-state index contributed by atoms with van der Waals surface area (Å²) in [5, 5.41) is 3.19. The fraction of sp³-hybridized carbons (Fsp3) is 0.538. The number of nitrogens with one attached hydrogen (secondary N) is 1. The van der Waals surface area contributed by atoms with Gasteiger partial charge in [0.1, 0.15) is 0 Å². The Morgan fingerprint density at radius 3 is 2.56 bits per heavy atom. The van der Waals surface area contributed by atoms with Crippen molar-refractivity contribution in [3.63, 3.8) is 0 Å². The van der Waals surface area contributed by atoms with Gasteiger partial charge in [0.15, 0.2) is 0 Å². The first-order chi connectivity index (χ1) is 8.49. The quantitative estimate of drug-likeness (QED) is 0.745. The fourth-order valence-corrected chi connectivity index (χ4v) is 4.24. The van der Waals surface area contributed by atoms with Crippen molar-refractivity contribution in [1.82, 2.24) is 0 Å². The molecule has 1 N–H and O–H groups in total. The predicted molar refractivity (Wildman–Crippen MR) is 67.0 cm³/mol. The van der Waals surface area contributed by atoms with Gasteiger partial charge in [0.25, 0.3) is 0 Å². The normalized spacial score (nSPS) is 21.7. The molecule has 0 atom stereocenters. The third-order valence-corrected chi connectivity index (χ3v) is 5.31. The topological polar surface area (TPSA) is 12.0 Å². The van der Waals surface area contributed by atoms with Gasteiger partial charge >= 0.3 is 6.18 Å². The zero-order valence-corrected chi connectivity index (χ0v) is 10.6. The molecule has 0 saturated heterocycles. The van der Waals surface area contributed by atoms with Crippen LogP contribution in [0.3, 0.4) is 0 Å². The van der Waals surface area contributed by atoms with Crippen molar-refractivity contribution >= 4 is 17.4 Å². The van der Waals surface area contributed by atoms with Crippen molar-refractivity contribution in [3.8, 4) is 0 Å². The Morgan fingerprint density at radius 2 is 1.89 bits per heavy atom. The molecule has 0 aromatic heterocycles. The minimum absolute atomic E-state index is 0.215. The van der Waals surface area contributed by atoms with Gasteiger partial charge in [0.2, 0.25) is 0 Å². The highest BCUT2D eigenvalue weighted by atomic mass is 32.2. The molecule has 1 fully saturated rings. The number of anilines is 1. The maximum Gasteiger partial charge on any atom is 0.416 e. The Hall–Kier alpha value is -0.840. The van der Waals surface area contributed by atoms with Crippen LogP contribution in [0.4, 0.5) is 18.9 Å². The number of rotatable bonds is 0. The maximum atomic E-state index is 12.6. The second kappa shape index (κ2) is 4.08. The van der Waals surface area contributed by atoms with Gasteiger partial charge in [-0.2, -0.15) is 13.2 Å². The van der Waals surface area contributed by atoms with Crippen molar-refractivity contribution in [1.29, 1.82) is 0 Å². The number of fused-ring (bicyclic) bond motifs is 1. The molecule has 1 nitrogen and oxygen atoms in total. The van der Waals surface area contributed by atoms with Crippen LogP contribution in [0.15, 0.2) is 23.1 Å². The summed E-state index contributed by atoms with van der Waals surface area (Å²) < 4.78 is 38.1. The summed E-state index contributed by atoms with van der Waals surface area (Å²) in [4.78, 5) is 0.955. The number of benzene rings is 1. The van der Waals surface area contributed by atoms with Crippen LogP contribution in [0.5, 0.6) is 0 Å². The van der Waals surface area contributed by atoms with E-state index in [4.69, 9.17) is 0 Å². The highest BCUT2D eigenvalue weighted by molar-refractivity contribution is 8.01. The van der Waals surface area contributed by atoms with Crippen LogP contribution in [0.25, 0.3) is 0 Å². The number of alkyl halides is 3. The molecule has 3 rings (SSSR count). The number of halogens is 3. The lowest BCUT2D eigenvalue weighted by Gasteiger charge is -2.35. The zero-order chi connectivity index (χ0) is 12.8. The van der Waals surface area contributed by atoms with Crippen LogP contribution < -0.4 is 5.32 Å². The summed E-state index contributed by atoms with van der Waals surface area (Å²) in [6, 6.07) is 4.01. The molecule has 0 radical (unpaired) electrons. The van der Waals surface area contributed by atoms with Crippen LogP contribution in [0.1, 0.15) is 31.2 Å². The van der Waals surface area contributed by atoms with Gasteiger partial charge < -0.3 is 5.32 Å². The molecule has 2 aliphatic rings. The number of hydrogen-bond donors (Lipinski definition) is 1. The van der Waals surface area contributed by atoms with Crippen LogP contribution in [-0.2, 0) is 6.18 Å². The predicted octanol–water partition coefficient (Wildman–Crippen LogP) is 4.54. The molecule has 1 heterocycles. The molecule has 1 aliphatic heterocycles. The van der Waals surface area contributed by atoms with Crippen molar-refractivity contribution < 1.29 is 13.2 Å². The molecule has 0 bridgehead atoms. The molecule has 1 spiro atoms. The zero-order valence-electron chi connectivity index (χ0n) is 9.81. The molecule has 1 aromatic carbocycles. The van der Waals surface area contributed by atoms with Gasteiger partial charge in [-0.25, -0.2) is 0 Å². The molecule has 5 heteroatoms. The third kappa shape index (κ3) is 2.09. The van der Waals surface area contributed by atoms with Crippen LogP contribution in [0.2, 0.25) is 0 Å². The van der Waals surface area contributed by atoms with Crippen LogP contribution >= 0.6 is 11.8 Å². The first-order valence-electron chi connectivity index (χ1n) is 6.13. The Kier molecular flexibility index (Phi) is 2.77. The maximum absolute atomic E-state index is 12.6. The average Bonchev–Trinajstić information content (AvgIpc) is 2.75. The monoisotopic (exact) mass is 273 g/mol. The largest absolute Gasteiger partial charge is 0.416 e. The second-order valence-electron chi connectivity index (χ2n) is 5.05. The van der Waals surface area contributed by atoms with E-state index in [2.05, 4.69) is 5.32 Å². The number of hydrogen-bond acceptors (Lipinski definition) is 2. The second-order valence-corrected chi connectivity index (χ2v) is 6.56. The van der Waals surface area contributed by atoms with Gasteiger partial charge in [-0.3, -0.25) is 0 Å². The highest BCUT2D eigenvalue weighted by Crippen LogP contribution is 2.50. The van der Waals surface area contributed by atoms with E-state index >= 15 is 0 Å². The smallest absolute Gasteiger partial charge is 0.383 e. The van der Waals surface area contributed by atoms with Crippen molar-refractivity contribution in [3.05, 3.63) is 23.8 Å². The van der Waals surface area contributed by atoms with E-state index < -0.39 is 11.7 Å². The summed E-state index contributed by atoms with van der Waals surface area (Å²) in [6.07, 6.45) is 0.509. The molecule has 1 saturated carbocycles. The summed E-state index contributed by atoms with van der Waals surface area (Å²) >= 11 is 1.76. The Morgan fingerprint density at radius 1 is 1.17 bits per heavy atom. The third-order valence-electron chi connectivity index (χ3n) is 3.75. The fourth-order valence-electron chi connectivity index (χ4n) is 2.76. The van der Waals surface area contributed by atoms with Crippen molar-refractivity contribution in [2.75, 3.05) is 11.9 Å². The first kappa shape index (κ1) is 12.2. The van der Waals surface area contributed by atoms with Crippen LogP contribution in [-0.4, -0.2) is 11.3 Å². The van der Waals surface area contributed by atoms with Gasteiger partial charge in [-0.1, -0.05) is 12.8 Å². The van der Waals surface area contributed by atoms with Gasteiger partial charge in [-0.05, 0) is 31.0 Å². The van der Waals surface area contributed by atoms with Gasteiger partial charge in [0, 0.05) is 21.9 Å². The molecule has 0 unspecified atom stereocenters. The minimum Gasteiger partial charge on any atom is -0.383 e. The summed E-state index contributed by atoms with van der Waals surface area (Å²) in [7, 11) is 0. The molecular formula is C13H14F3NS. The number of thioether (sulfide) groups is 1. The van der Waals surface area contributed by atoms with Crippen molar-refractivity contribution in [2.24, 2.45) is 0 Å². The average molecular weight is 273 g/mol. The summed E-state index contributed by atoms with van der Waals surface area (Å²) in [5.41, 5.74) is 0.0593. The summed E-state index contributed by atoms with van der Waals surface area (Å²) in [5.74, 6) is 0. The molecule has 18 heavy (non-hydrogen) atoms. The van der Waals surface area contributed by atoms with E-state index in [1.165, 1.54) is 25.0 Å². The standard InChI is InChI=1S/C13H14F3NS/c14-13(15,16)9-3-4-11-10(7-9)17-8-12(18-11)5-1-2-6-12/h3-4,7,17H,1-2,5-6,8H2. The van der Waals surface area contributed by atoms with E-state index in [1.807, 2.05) is 0 Å². The Bertz CT molecular complexity index is 464.